The standard InChI is InChI=1S/C22H29N3O2/c1-15(26)24-20-10-9-17-7-8-18(11-19(17)12-20)22-21(14-27-25-22)23-13-16-5-3-2-4-6-16/h9-10,12,14,16,18,23H,2-8,11,13H2,1H3,(H,24,26). The van der Waals surface area contributed by atoms with Crippen LogP contribution in [0.3, 0.4) is 0 Å². The van der Waals surface area contributed by atoms with Crippen LogP contribution in [-0.2, 0) is 17.6 Å². The molecule has 2 aliphatic rings. The van der Waals surface area contributed by atoms with Gasteiger partial charge in [-0.2, -0.15) is 0 Å². The second-order valence-electron chi connectivity index (χ2n) is 8.10. The second-order valence-corrected chi connectivity index (χ2v) is 8.10. The smallest absolute Gasteiger partial charge is 0.221 e. The molecule has 1 fully saturated rings. The number of fused-ring (bicyclic) bond motifs is 1. The number of carbonyl (C=O) groups excluding carboxylic acids is 1. The van der Waals surface area contributed by atoms with E-state index < -0.39 is 0 Å². The summed E-state index contributed by atoms with van der Waals surface area (Å²) in [5, 5.41) is 10.8. The van der Waals surface area contributed by atoms with Gasteiger partial charge in [0.25, 0.3) is 0 Å². The Hall–Kier alpha value is -2.30. The zero-order chi connectivity index (χ0) is 18.6. The first-order chi connectivity index (χ1) is 13.2. The summed E-state index contributed by atoms with van der Waals surface area (Å²) < 4.78 is 5.33. The van der Waals surface area contributed by atoms with Crippen LogP contribution in [0.1, 0.15) is 68.2 Å². The van der Waals surface area contributed by atoms with E-state index in [2.05, 4.69) is 27.9 Å². The molecule has 5 nitrogen and oxygen atoms in total. The first kappa shape index (κ1) is 18.1. The van der Waals surface area contributed by atoms with Crippen molar-refractivity contribution in [1.82, 2.24) is 5.16 Å². The number of nitrogens with one attached hydrogen (secondary N) is 2. The van der Waals surface area contributed by atoms with Crippen molar-refractivity contribution in [3.8, 4) is 0 Å². The third-order valence-corrected chi connectivity index (χ3v) is 6.05. The van der Waals surface area contributed by atoms with Crippen LogP contribution in [0.2, 0.25) is 0 Å². The molecule has 1 amide bonds. The number of aromatic nitrogens is 1. The molecule has 4 rings (SSSR count). The highest BCUT2D eigenvalue weighted by molar-refractivity contribution is 5.88. The Morgan fingerprint density at radius 1 is 1.19 bits per heavy atom. The van der Waals surface area contributed by atoms with Crippen molar-refractivity contribution >= 4 is 17.3 Å². The van der Waals surface area contributed by atoms with E-state index in [0.29, 0.717) is 5.92 Å². The third kappa shape index (κ3) is 4.34. The molecule has 1 unspecified atom stereocenters. The Bertz CT molecular complexity index is 793. The van der Waals surface area contributed by atoms with Gasteiger partial charge in [0.15, 0.2) is 0 Å². The minimum Gasteiger partial charge on any atom is -0.381 e. The number of benzene rings is 1. The molecular formula is C22H29N3O2. The predicted octanol–water partition coefficient (Wildman–Crippen LogP) is 4.90. The van der Waals surface area contributed by atoms with Crippen LogP contribution in [0.25, 0.3) is 0 Å². The molecule has 1 heterocycles. The molecule has 0 aliphatic heterocycles. The van der Waals surface area contributed by atoms with E-state index in [9.17, 15) is 4.79 Å². The summed E-state index contributed by atoms with van der Waals surface area (Å²) in [7, 11) is 0. The van der Waals surface area contributed by atoms with Gasteiger partial charge in [-0.3, -0.25) is 4.79 Å². The molecule has 27 heavy (non-hydrogen) atoms. The fourth-order valence-electron chi connectivity index (χ4n) is 4.59. The van der Waals surface area contributed by atoms with Crippen molar-refractivity contribution < 1.29 is 9.32 Å². The molecule has 0 radical (unpaired) electrons. The fourth-order valence-corrected chi connectivity index (χ4v) is 4.59. The van der Waals surface area contributed by atoms with E-state index in [-0.39, 0.29) is 5.91 Å². The SMILES string of the molecule is CC(=O)Nc1ccc2c(c1)CC(c1nocc1NCC1CCCCC1)CC2. The molecule has 144 valence electrons. The van der Waals surface area contributed by atoms with Gasteiger partial charge in [-0.1, -0.05) is 30.5 Å². The van der Waals surface area contributed by atoms with Gasteiger partial charge in [0, 0.05) is 25.1 Å². The first-order valence-electron chi connectivity index (χ1n) is 10.3. The van der Waals surface area contributed by atoms with Crippen molar-refractivity contribution in [2.45, 2.75) is 64.2 Å². The summed E-state index contributed by atoms with van der Waals surface area (Å²) in [6.07, 6.45) is 11.6. The lowest BCUT2D eigenvalue weighted by Gasteiger charge is -2.25. The van der Waals surface area contributed by atoms with Crippen LogP contribution >= 0.6 is 0 Å². The Labute approximate surface area is 160 Å². The molecule has 0 spiro atoms. The van der Waals surface area contributed by atoms with Crippen LogP contribution in [0.5, 0.6) is 0 Å². The Kier molecular flexibility index (Phi) is 5.46. The quantitative estimate of drug-likeness (QED) is 0.789. The molecule has 1 aromatic heterocycles. The third-order valence-electron chi connectivity index (χ3n) is 6.05. The first-order valence-corrected chi connectivity index (χ1v) is 10.3. The Morgan fingerprint density at radius 3 is 2.85 bits per heavy atom. The van der Waals surface area contributed by atoms with Gasteiger partial charge in [0.1, 0.15) is 12.0 Å². The number of hydrogen-bond donors (Lipinski definition) is 2. The normalized spacial score (nSPS) is 20.1. The summed E-state index contributed by atoms with van der Waals surface area (Å²) in [5.74, 6) is 1.10. The lowest BCUT2D eigenvalue weighted by atomic mass is 9.81. The highest BCUT2D eigenvalue weighted by Gasteiger charge is 2.26. The second kappa shape index (κ2) is 8.15. The zero-order valence-electron chi connectivity index (χ0n) is 16.1. The lowest BCUT2D eigenvalue weighted by molar-refractivity contribution is -0.114. The minimum atomic E-state index is -0.0343. The molecule has 1 atom stereocenters. The average Bonchev–Trinajstić information content (AvgIpc) is 3.15. The molecule has 2 aliphatic carbocycles. The largest absolute Gasteiger partial charge is 0.381 e. The van der Waals surface area contributed by atoms with Crippen molar-refractivity contribution in [2.75, 3.05) is 17.2 Å². The molecular weight excluding hydrogens is 338 g/mol. The number of carbonyl (C=O) groups is 1. The van der Waals surface area contributed by atoms with E-state index in [0.717, 1.165) is 48.8 Å². The van der Waals surface area contributed by atoms with Gasteiger partial charge in [0.2, 0.25) is 5.91 Å². The fraction of sp³-hybridized carbons (Fsp3) is 0.545. The molecule has 2 aromatic rings. The van der Waals surface area contributed by atoms with E-state index in [1.54, 1.807) is 13.2 Å². The van der Waals surface area contributed by atoms with Crippen LogP contribution < -0.4 is 10.6 Å². The summed E-state index contributed by atoms with van der Waals surface area (Å²) >= 11 is 0. The van der Waals surface area contributed by atoms with E-state index in [1.807, 2.05) is 6.07 Å². The van der Waals surface area contributed by atoms with Gasteiger partial charge in [-0.15, -0.1) is 0 Å². The minimum absolute atomic E-state index is 0.0343. The van der Waals surface area contributed by atoms with Crippen LogP contribution in [0.15, 0.2) is 29.0 Å². The summed E-state index contributed by atoms with van der Waals surface area (Å²) in [6, 6.07) is 6.24. The van der Waals surface area contributed by atoms with E-state index >= 15 is 0 Å². The molecule has 2 N–H and O–H groups in total. The maximum Gasteiger partial charge on any atom is 0.221 e. The number of hydrogen-bond acceptors (Lipinski definition) is 4. The number of anilines is 2. The van der Waals surface area contributed by atoms with Crippen LogP contribution in [-0.4, -0.2) is 17.6 Å². The maximum absolute atomic E-state index is 11.3. The molecule has 1 aromatic carbocycles. The van der Waals surface area contributed by atoms with E-state index in [1.165, 1.54) is 43.2 Å². The monoisotopic (exact) mass is 367 g/mol. The summed E-state index contributed by atoms with van der Waals surface area (Å²) in [4.78, 5) is 11.3. The van der Waals surface area contributed by atoms with Gasteiger partial charge in [-0.25, -0.2) is 0 Å². The van der Waals surface area contributed by atoms with Gasteiger partial charge >= 0.3 is 0 Å². The summed E-state index contributed by atoms with van der Waals surface area (Å²) in [5.41, 5.74) is 5.67. The predicted molar refractivity (Wildman–Crippen MR) is 107 cm³/mol. The molecule has 0 saturated heterocycles. The van der Waals surface area contributed by atoms with Gasteiger partial charge < -0.3 is 15.2 Å². The number of rotatable bonds is 5. The van der Waals surface area contributed by atoms with Crippen LogP contribution in [0.4, 0.5) is 11.4 Å². The molecule has 0 bridgehead atoms. The number of amides is 1. The molecule has 5 heteroatoms. The molecule has 1 saturated carbocycles. The zero-order valence-corrected chi connectivity index (χ0v) is 16.1. The average molecular weight is 367 g/mol. The van der Waals surface area contributed by atoms with Crippen molar-refractivity contribution in [3.63, 3.8) is 0 Å². The van der Waals surface area contributed by atoms with Gasteiger partial charge in [-0.05, 0) is 61.3 Å². The number of nitrogens with zero attached hydrogens (tertiary/aromatic N) is 1. The summed E-state index contributed by atoms with van der Waals surface area (Å²) in [6.45, 7) is 2.56. The topological polar surface area (TPSA) is 67.2 Å². The maximum atomic E-state index is 11.3. The van der Waals surface area contributed by atoms with Crippen molar-refractivity contribution in [3.05, 3.63) is 41.3 Å². The lowest BCUT2D eigenvalue weighted by Crippen LogP contribution is -2.19. The van der Waals surface area contributed by atoms with E-state index in [4.69, 9.17) is 4.52 Å². The Balaban J connectivity index is 1.44. The number of aryl methyl sites for hydroxylation is 1. The highest BCUT2D eigenvalue weighted by atomic mass is 16.5. The Morgan fingerprint density at radius 2 is 2.04 bits per heavy atom. The van der Waals surface area contributed by atoms with Crippen molar-refractivity contribution in [2.24, 2.45) is 5.92 Å². The van der Waals surface area contributed by atoms with Gasteiger partial charge in [0.05, 0.1) is 5.69 Å². The highest BCUT2D eigenvalue weighted by Crippen LogP contribution is 2.36. The van der Waals surface area contributed by atoms with Crippen LogP contribution in [0, 0.1) is 5.92 Å². The van der Waals surface area contributed by atoms with Crippen molar-refractivity contribution in [1.29, 1.82) is 0 Å².